The predicted molar refractivity (Wildman–Crippen MR) is 90.9 cm³/mol. The molecule has 0 saturated heterocycles. The number of aromatic nitrogens is 1. The second-order valence-electron chi connectivity index (χ2n) is 5.88. The summed E-state index contributed by atoms with van der Waals surface area (Å²) in [7, 11) is 0. The lowest BCUT2D eigenvalue weighted by atomic mass is 10.0. The molecule has 0 radical (unpaired) electrons. The third-order valence-corrected chi connectivity index (χ3v) is 3.84. The van der Waals surface area contributed by atoms with E-state index in [1.807, 2.05) is 24.3 Å². The Morgan fingerprint density at radius 1 is 1.20 bits per heavy atom. The number of nitrogens with one attached hydrogen (secondary N) is 3. The number of amides is 2. The van der Waals surface area contributed by atoms with E-state index in [2.05, 4.69) is 15.6 Å². The Bertz CT molecular complexity index is 783. The van der Waals surface area contributed by atoms with Crippen LogP contribution in [0.25, 0.3) is 10.9 Å². The average molecular weight is 347 g/mol. The first-order valence-electron chi connectivity index (χ1n) is 7.83. The van der Waals surface area contributed by atoms with E-state index in [9.17, 15) is 24.6 Å². The number of carbonyl (C=O) groups is 3. The Morgan fingerprint density at radius 2 is 1.88 bits per heavy atom. The number of hydrogen-bond acceptors (Lipinski definition) is 4. The first-order valence-corrected chi connectivity index (χ1v) is 7.83. The van der Waals surface area contributed by atoms with Gasteiger partial charge in [-0.05, 0) is 18.6 Å². The number of aliphatic hydroxyl groups is 1. The summed E-state index contributed by atoms with van der Waals surface area (Å²) in [6.07, 6.45) is 0.608. The highest BCUT2D eigenvalue weighted by Crippen LogP contribution is 2.19. The van der Waals surface area contributed by atoms with Crippen LogP contribution in [0.4, 0.5) is 0 Å². The monoisotopic (exact) mass is 347 g/mol. The molecule has 2 aromatic rings. The number of carbonyl (C=O) groups excluding carboxylic acids is 2. The Kier molecular flexibility index (Phi) is 5.76. The lowest BCUT2D eigenvalue weighted by molar-refractivity contribution is -0.142. The van der Waals surface area contributed by atoms with Gasteiger partial charge in [0.25, 0.3) is 0 Å². The molecule has 1 heterocycles. The van der Waals surface area contributed by atoms with E-state index in [0.717, 1.165) is 16.5 Å². The van der Waals surface area contributed by atoms with Gasteiger partial charge in [0, 0.05) is 30.4 Å². The van der Waals surface area contributed by atoms with Gasteiger partial charge in [-0.3, -0.25) is 9.59 Å². The molecule has 2 amide bonds. The average Bonchev–Trinajstić information content (AvgIpc) is 2.94. The van der Waals surface area contributed by atoms with Crippen LogP contribution < -0.4 is 10.6 Å². The second-order valence-corrected chi connectivity index (χ2v) is 5.88. The van der Waals surface area contributed by atoms with Crippen molar-refractivity contribution >= 4 is 28.7 Å². The molecule has 0 unspecified atom stereocenters. The molecule has 0 spiro atoms. The Balaban J connectivity index is 2.16. The van der Waals surface area contributed by atoms with Crippen molar-refractivity contribution in [1.82, 2.24) is 15.6 Å². The van der Waals surface area contributed by atoms with Crippen LogP contribution in [-0.4, -0.2) is 51.2 Å². The van der Waals surface area contributed by atoms with Crippen molar-refractivity contribution < 1.29 is 24.6 Å². The molecule has 5 N–H and O–H groups in total. The quantitative estimate of drug-likeness (QED) is 0.487. The molecule has 134 valence electrons. The highest BCUT2D eigenvalue weighted by atomic mass is 16.4. The van der Waals surface area contributed by atoms with Gasteiger partial charge in [0.05, 0.1) is 6.10 Å². The van der Waals surface area contributed by atoms with Crippen LogP contribution in [0, 0.1) is 0 Å². The largest absolute Gasteiger partial charge is 0.480 e. The maximum Gasteiger partial charge on any atom is 0.326 e. The minimum atomic E-state index is -1.22. The normalized spacial score (nSPS) is 14.5. The summed E-state index contributed by atoms with van der Waals surface area (Å²) in [6.45, 7) is 2.55. The lowest BCUT2D eigenvalue weighted by Crippen LogP contribution is -2.55. The van der Waals surface area contributed by atoms with Gasteiger partial charge < -0.3 is 25.8 Å². The Hall–Kier alpha value is -2.87. The van der Waals surface area contributed by atoms with Gasteiger partial charge in [-0.25, -0.2) is 4.79 Å². The SMILES string of the molecule is CC(=O)N[C@H](C(=O)N[C@@H](Cc1c[nH]c2ccccc12)C(=O)O)[C@@H](C)O. The molecule has 0 aliphatic rings. The summed E-state index contributed by atoms with van der Waals surface area (Å²) in [5, 5.41) is 24.6. The van der Waals surface area contributed by atoms with E-state index >= 15 is 0 Å². The molecular formula is C17H21N3O5. The van der Waals surface area contributed by atoms with Gasteiger partial charge >= 0.3 is 5.97 Å². The Labute approximate surface area is 144 Å². The first kappa shape index (κ1) is 18.5. The molecule has 0 saturated carbocycles. The van der Waals surface area contributed by atoms with Crippen molar-refractivity contribution in [3.05, 3.63) is 36.0 Å². The number of H-pyrrole nitrogens is 1. The maximum absolute atomic E-state index is 12.3. The Morgan fingerprint density at radius 3 is 2.48 bits per heavy atom. The molecule has 1 aromatic carbocycles. The van der Waals surface area contributed by atoms with Crippen LogP contribution in [0.5, 0.6) is 0 Å². The number of rotatable bonds is 7. The minimum Gasteiger partial charge on any atom is -0.480 e. The standard InChI is InChI=1S/C17H21N3O5/c1-9(21)15(19-10(2)22)16(23)20-14(17(24)25)7-11-8-18-13-6-4-3-5-12(11)13/h3-6,8-9,14-15,18,21H,7H2,1-2H3,(H,19,22)(H,20,23)(H,24,25)/t9-,14+,15+/m1/s1. The number of para-hydroxylation sites is 1. The van der Waals surface area contributed by atoms with Crippen molar-refractivity contribution in [1.29, 1.82) is 0 Å². The van der Waals surface area contributed by atoms with Gasteiger partial charge in [-0.1, -0.05) is 18.2 Å². The zero-order valence-electron chi connectivity index (χ0n) is 13.9. The fourth-order valence-electron chi connectivity index (χ4n) is 2.61. The summed E-state index contributed by atoms with van der Waals surface area (Å²) in [5.41, 5.74) is 1.62. The van der Waals surface area contributed by atoms with Gasteiger partial charge in [0.2, 0.25) is 11.8 Å². The summed E-state index contributed by atoms with van der Waals surface area (Å²) < 4.78 is 0. The van der Waals surface area contributed by atoms with Crippen molar-refractivity contribution in [2.24, 2.45) is 0 Å². The molecule has 25 heavy (non-hydrogen) atoms. The van der Waals surface area contributed by atoms with Gasteiger partial charge in [0.1, 0.15) is 12.1 Å². The molecule has 8 nitrogen and oxygen atoms in total. The minimum absolute atomic E-state index is 0.0672. The summed E-state index contributed by atoms with van der Waals surface area (Å²) in [4.78, 5) is 38.0. The molecule has 8 heteroatoms. The smallest absolute Gasteiger partial charge is 0.326 e. The molecule has 1 aromatic heterocycles. The van der Waals surface area contributed by atoms with E-state index in [4.69, 9.17) is 0 Å². The zero-order valence-corrected chi connectivity index (χ0v) is 13.9. The molecule has 3 atom stereocenters. The van der Waals surface area contributed by atoms with Crippen LogP contribution in [0.3, 0.4) is 0 Å². The number of hydrogen-bond donors (Lipinski definition) is 5. The molecule has 0 aliphatic carbocycles. The predicted octanol–water partition coefficient (Wildman–Crippen LogP) is 0.165. The van der Waals surface area contributed by atoms with Crippen LogP contribution in [0.15, 0.2) is 30.5 Å². The third-order valence-electron chi connectivity index (χ3n) is 3.84. The summed E-state index contributed by atoms with van der Waals surface area (Å²) in [5.74, 6) is -2.45. The van der Waals surface area contributed by atoms with Crippen LogP contribution in [0.2, 0.25) is 0 Å². The van der Waals surface area contributed by atoms with Crippen LogP contribution in [0.1, 0.15) is 19.4 Å². The fraction of sp³-hybridized carbons (Fsp3) is 0.353. The molecule has 0 aliphatic heterocycles. The van der Waals surface area contributed by atoms with Gasteiger partial charge in [-0.2, -0.15) is 0 Å². The van der Waals surface area contributed by atoms with E-state index in [-0.39, 0.29) is 6.42 Å². The van der Waals surface area contributed by atoms with Crippen molar-refractivity contribution in [2.45, 2.75) is 38.5 Å². The number of carboxylic acids is 1. The van der Waals surface area contributed by atoms with Gasteiger partial charge in [0.15, 0.2) is 0 Å². The van der Waals surface area contributed by atoms with E-state index in [1.54, 1.807) is 6.20 Å². The maximum atomic E-state index is 12.3. The molecule has 0 bridgehead atoms. The number of aromatic amines is 1. The van der Waals surface area contributed by atoms with Crippen LogP contribution in [-0.2, 0) is 20.8 Å². The van der Waals surface area contributed by atoms with Crippen LogP contribution >= 0.6 is 0 Å². The third kappa shape index (κ3) is 4.57. The fourth-order valence-corrected chi connectivity index (χ4v) is 2.61. The molecule has 2 rings (SSSR count). The number of fused-ring (bicyclic) bond motifs is 1. The lowest BCUT2D eigenvalue weighted by Gasteiger charge is -2.22. The number of carboxylic acid groups (broad SMARTS) is 1. The first-order chi connectivity index (χ1) is 11.8. The van der Waals surface area contributed by atoms with Crippen molar-refractivity contribution in [3.8, 4) is 0 Å². The van der Waals surface area contributed by atoms with Crippen molar-refractivity contribution in [3.63, 3.8) is 0 Å². The highest BCUT2D eigenvalue weighted by molar-refractivity contribution is 5.91. The number of benzene rings is 1. The zero-order chi connectivity index (χ0) is 18.6. The number of aliphatic hydroxyl groups excluding tert-OH is 1. The highest BCUT2D eigenvalue weighted by Gasteiger charge is 2.29. The molecule has 0 fully saturated rings. The summed E-state index contributed by atoms with van der Waals surface area (Å²) in [6, 6.07) is 5.02. The summed E-state index contributed by atoms with van der Waals surface area (Å²) >= 11 is 0. The topological polar surface area (TPSA) is 132 Å². The van der Waals surface area contributed by atoms with E-state index < -0.39 is 36.0 Å². The van der Waals surface area contributed by atoms with E-state index in [0.29, 0.717) is 0 Å². The van der Waals surface area contributed by atoms with E-state index in [1.165, 1.54) is 13.8 Å². The number of aliphatic carboxylic acids is 1. The van der Waals surface area contributed by atoms with Crippen molar-refractivity contribution in [2.75, 3.05) is 0 Å². The van der Waals surface area contributed by atoms with Gasteiger partial charge in [-0.15, -0.1) is 0 Å². The molecular weight excluding hydrogens is 326 g/mol. The second kappa shape index (κ2) is 7.80.